The number of hydrogen-bond donors (Lipinski definition) is 0. The molecule has 0 aromatic heterocycles. The van der Waals surface area contributed by atoms with E-state index in [9.17, 15) is 4.79 Å². The van der Waals surface area contributed by atoms with Crippen LogP contribution in [0.15, 0.2) is 5.11 Å². The van der Waals surface area contributed by atoms with Gasteiger partial charge in [0, 0.05) is 24.3 Å². The van der Waals surface area contributed by atoms with E-state index in [2.05, 4.69) is 10.0 Å². The summed E-state index contributed by atoms with van der Waals surface area (Å²) in [5, 5.41) is 3.22. The number of nitrogens with zero attached hydrogens (tertiary/aromatic N) is 3. The van der Waals surface area contributed by atoms with Crippen LogP contribution in [0.4, 0.5) is 0 Å². The van der Waals surface area contributed by atoms with Gasteiger partial charge >= 0.3 is 0 Å². The van der Waals surface area contributed by atoms with Crippen LogP contribution in [0.5, 0.6) is 0 Å². The summed E-state index contributed by atoms with van der Waals surface area (Å²) in [4.78, 5) is 13.0. The number of hydrogen-bond acceptors (Lipinski definition) is 2. The number of azide groups is 1. The van der Waals surface area contributed by atoms with E-state index in [4.69, 9.17) is 5.53 Å². The van der Waals surface area contributed by atoms with E-state index in [1.165, 1.54) is 0 Å². The molecule has 0 bridgehead atoms. The molecule has 4 heteroatoms. The zero-order valence-electron chi connectivity index (χ0n) is 5.37. The normalized spacial score (nSPS) is 8.11. The second-order valence-corrected chi connectivity index (χ2v) is 1.60. The van der Waals surface area contributed by atoms with Crippen molar-refractivity contribution in [3.63, 3.8) is 0 Å². The van der Waals surface area contributed by atoms with E-state index >= 15 is 0 Å². The minimum atomic E-state index is 0.141. The predicted octanol–water partition coefficient (Wildman–Crippen LogP) is 1.67. The van der Waals surface area contributed by atoms with Gasteiger partial charge in [-0.1, -0.05) is 12.0 Å². The van der Waals surface area contributed by atoms with Crippen LogP contribution in [0, 0.1) is 0 Å². The molecule has 0 aromatic rings. The molecule has 0 aliphatic carbocycles. The molecule has 9 heavy (non-hydrogen) atoms. The summed E-state index contributed by atoms with van der Waals surface area (Å²) in [6, 6.07) is 0. The smallest absolute Gasteiger partial charge is 0.132 e. The van der Waals surface area contributed by atoms with Gasteiger partial charge in [0.15, 0.2) is 0 Å². The fourth-order valence-electron chi connectivity index (χ4n) is 0.396. The van der Waals surface area contributed by atoms with Crippen molar-refractivity contribution in [2.24, 2.45) is 5.11 Å². The van der Waals surface area contributed by atoms with Crippen molar-refractivity contribution in [2.75, 3.05) is 6.54 Å². The average molecular weight is 127 g/mol. The lowest BCUT2D eigenvalue weighted by atomic mass is 10.2. The number of carbonyl (C=O) groups is 1. The first-order valence-electron chi connectivity index (χ1n) is 2.83. The minimum absolute atomic E-state index is 0.141. The Hall–Kier alpha value is -1.02. The standard InChI is InChI=1S/C5H9N3O/c1-2-5(9)3-4-7-8-6/h2-4H2,1H3. The monoisotopic (exact) mass is 127 g/mol. The predicted molar refractivity (Wildman–Crippen MR) is 33.9 cm³/mol. The maximum Gasteiger partial charge on any atom is 0.132 e. The lowest BCUT2D eigenvalue weighted by Crippen LogP contribution is -1.95. The molecule has 0 aliphatic heterocycles. The van der Waals surface area contributed by atoms with E-state index in [-0.39, 0.29) is 5.78 Å². The Balaban J connectivity index is 3.27. The Morgan fingerprint density at radius 3 is 2.89 bits per heavy atom. The highest BCUT2D eigenvalue weighted by atomic mass is 16.1. The summed E-state index contributed by atoms with van der Waals surface area (Å²) in [5.74, 6) is 0.141. The largest absolute Gasteiger partial charge is 0.300 e. The first-order chi connectivity index (χ1) is 4.31. The number of carbonyl (C=O) groups excluding carboxylic acids is 1. The summed E-state index contributed by atoms with van der Waals surface area (Å²) >= 11 is 0. The topological polar surface area (TPSA) is 65.8 Å². The van der Waals surface area contributed by atoms with Gasteiger partial charge in [-0.05, 0) is 5.53 Å². The molecule has 0 heterocycles. The molecule has 0 amide bonds. The van der Waals surface area contributed by atoms with Crippen molar-refractivity contribution in [1.29, 1.82) is 0 Å². The highest BCUT2D eigenvalue weighted by molar-refractivity contribution is 5.78. The van der Waals surface area contributed by atoms with Crippen molar-refractivity contribution in [3.8, 4) is 0 Å². The first-order valence-corrected chi connectivity index (χ1v) is 2.83. The molecule has 0 N–H and O–H groups in total. The van der Waals surface area contributed by atoms with Crippen molar-refractivity contribution >= 4 is 5.78 Å². The number of rotatable bonds is 4. The molecule has 0 fully saturated rings. The third kappa shape index (κ3) is 4.84. The van der Waals surface area contributed by atoms with E-state index in [0.29, 0.717) is 19.4 Å². The molecular weight excluding hydrogens is 118 g/mol. The van der Waals surface area contributed by atoms with Gasteiger partial charge in [0.2, 0.25) is 0 Å². The molecule has 50 valence electrons. The second-order valence-electron chi connectivity index (χ2n) is 1.60. The van der Waals surface area contributed by atoms with Crippen LogP contribution in [0.2, 0.25) is 0 Å². The fourth-order valence-corrected chi connectivity index (χ4v) is 0.396. The Labute approximate surface area is 53.5 Å². The molecule has 0 rings (SSSR count). The van der Waals surface area contributed by atoms with Crippen LogP contribution in [0.25, 0.3) is 10.4 Å². The molecule has 0 atom stereocenters. The Kier molecular flexibility index (Phi) is 4.54. The van der Waals surface area contributed by atoms with Crippen molar-refractivity contribution in [3.05, 3.63) is 10.4 Å². The minimum Gasteiger partial charge on any atom is -0.300 e. The summed E-state index contributed by atoms with van der Waals surface area (Å²) in [6.45, 7) is 2.08. The van der Waals surface area contributed by atoms with Gasteiger partial charge in [-0.25, -0.2) is 0 Å². The van der Waals surface area contributed by atoms with E-state index in [0.717, 1.165) is 0 Å². The molecule has 0 radical (unpaired) electrons. The molecule has 0 spiro atoms. The number of Topliss-reactive ketones (excluding diaryl/α,β-unsaturated/α-hetero) is 1. The SMILES string of the molecule is CCC(=O)CCN=[N+]=[N-]. The van der Waals surface area contributed by atoms with Crippen LogP contribution < -0.4 is 0 Å². The second kappa shape index (κ2) is 5.12. The van der Waals surface area contributed by atoms with Crippen molar-refractivity contribution in [1.82, 2.24) is 0 Å². The van der Waals surface area contributed by atoms with Gasteiger partial charge in [0.05, 0.1) is 0 Å². The van der Waals surface area contributed by atoms with E-state index in [1.54, 1.807) is 6.92 Å². The van der Waals surface area contributed by atoms with E-state index < -0.39 is 0 Å². The summed E-state index contributed by atoms with van der Waals surface area (Å²) in [7, 11) is 0. The molecule has 0 saturated heterocycles. The molecule has 0 unspecified atom stereocenters. The van der Waals surface area contributed by atoms with Gasteiger partial charge in [0.25, 0.3) is 0 Å². The molecule has 0 aromatic carbocycles. The molecule has 0 aliphatic rings. The molecule has 0 saturated carbocycles. The third-order valence-corrected chi connectivity index (χ3v) is 0.948. The number of ketones is 1. The Bertz CT molecular complexity index is 137. The zero-order valence-corrected chi connectivity index (χ0v) is 5.37. The first kappa shape index (κ1) is 7.98. The Morgan fingerprint density at radius 2 is 2.44 bits per heavy atom. The van der Waals surface area contributed by atoms with Gasteiger partial charge in [0.1, 0.15) is 5.78 Å². The average Bonchev–Trinajstić information content (AvgIpc) is 1.89. The lowest BCUT2D eigenvalue weighted by Gasteiger charge is -1.87. The quantitative estimate of drug-likeness (QED) is 0.321. The Morgan fingerprint density at radius 1 is 1.78 bits per heavy atom. The maximum atomic E-state index is 10.5. The van der Waals surface area contributed by atoms with Crippen LogP contribution >= 0.6 is 0 Å². The van der Waals surface area contributed by atoms with Crippen LogP contribution in [-0.4, -0.2) is 12.3 Å². The summed E-state index contributed by atoms with van der Waals surface area (Å²) < 4.78 is 0. The van der Waals surface area contributed by atoms with Crippen LogP contribution in [0.3, 0.4) is 0 Å². The van der Waals surface area contributed by atoms with Gasteiger partial charge in [-0.3, -0.25) is 4.79 Å². The van der Waals surface area contributed by atoms with Gasteiger partial charge in [-0.15, -0.1) is 0 Å². The van der Waals surface area contributed by atoms with Gasteiger partial charge < -0.3 is 0 Å². The maximum absolute atomic E-state index is 10.5. The zero-order chi connectivity index (χ0) is 7.11. The highest BCUT2D eigenvalue weighted by Crippen LogP contribution is 1.88. The van der Waals surface area contributed by atoms with E-state index in [1.807, 2.05) is 0 Å². The highest BCUT2D eigenvalue weighted by Gasteiger charge is 1.93. The van der Waals surface area contributed by atoms with Gasteiger partial charge in [-0.2, -0.15) is 0 Å². The molecular formula is C5H9N3O. The van der Waals surface area contributed by atoms with Crippen LogP contribution in [-0.2, 0) is 4.79 Å². The third-order valence-electron chi connectivity index (χ3n) is 0.948. The summed E-state index contributed by atoms with van der Waals surface area (Å²) in [5.41, 5.74) is 7.80. The summed E-state index contributed by atoms with van der Waals surface area (Å²) in [6.07, 6.45) is 0.904. The molecule has 4 nitrogen and oxygen atoms in total. The lowest BCUT2D eigenvalue weighted by molar-refractivity contribution is -0.118. The van der Waals surface area contributed by atoms with Crippen molar-refractivity contribution in [2.45, 2.75) is 19.8 Å². The van der Waals surface area contributed by atoms with Crippen LogP contribution in [0.1, 0.15) is 19.8 Å². The van der Waals surface area contributed by atoms with Crippen molar-refractivity contribution < 1.29 is 4.79 Å². The fraction of sp³-hybridized carbons (Fsp3) is 0.800.